The largest absolute Gasteiger partial charge is 0.409 e. The molecule has 3 unspecified atom stereocenters. The van der Waals surface area contributed by atoms with E-state index in [-0.39, 0.29) is 17.8 Å². The minimum absolute atomic E-state index is 0.0531. The van der Waals surface area contributed by atoms with Crippen LogP contribution in [-0.2, 0) is 4.79 Å². The summed E-state index contributed by atoms with van der Waals surface area (Å²) in [5.41, 5.74) is 4.96. The molecular weight excluding hydrogens is 242 g/mol. The summed E-state index contributed by atoms with van der Waals surface area (Å²) in [6.45, 7) is 4.41. The number of nitrogens with two attached hydrogens (primary N) is 1. The van der Waals surface area contributed by atoms with Crippen LogP contribution in [0.2, 0.25) is 0 Å². The molecule has 5 nitrogen and oxygen atoms in total. The first-order chi connectivity index (χ1) is 9.05. The maximum Gasteiger partial charge on any atom is 0.234 e. The van der Waals surface area contributed by atoms with Crippen molar-refractivity contribution in [1.82, 2.24) is 5.32 Å². The van der Waals surface area contributed by atoms with Gasteiger partial charge in [0.2, 0.25) is 5.91 Å². The summed E-state index contributed by atoms with van der Waals surface area (Å²) < 4.78 is 0. The van der Waals surface area contributed by atoms with Gasteiger partial charge in [-0.15, -0.1) is 0 Å². The molecule has 0 saturated heterocycles. The zero-order chi connectivity index (χ0) is 14.0. The van der Waals surface area contributed by atoms with Crippen molar-refractivity contribution in [2.24, 2.45) is 28.1 Å². The van der Waals surface area contributed by atoms with E-state index in [4.69, 9.17) is 10.9 Å². The van der Waals surface area contributed by atoms with Gasteiger partial charge in [-0.2, -0.15) is 0 Å². The van der Waals surface area contributed by atoms with Gasteiger partial charge in [0.25, 0.3) is 0 Å². The highest BCUT2D eigenvalue weighted by atomic mass is 16.4. The van der Waals surface area contributed by atoms with Crippen molar-refractivity contribution in [2.75, 3.05) is 0 Å². The molecule has 2 aliphatic carbocycles. The molecule has 19 heavy (non-hydrogen) atoms. The van der Waals surface area contributed by atoms with Crippen LogP contribution in [0.4, 0.5) is 0 Å². The van der Waals surface area contributed by atoms with Crippen LogP contribution in [0.5, 0.6) is 0 Å². The number of carbonyl (C=O) groups excluding carboxylic acids is 1. The summed E-state index contributed by atoms with van der Waals surface area (Å²) in [5.74, 6) is 1.22. The standard InChI is InChI=1S/C14H25N3O2/c1-3-10-5-6-11(9(10)2)16-13(18)14(7-4-8-14)12(15)17-19/h9-11,19H,3-8H2,1-2H3,(H2,15,17)(H,16,18). The number of nitrogens with one attached hydrogen (secondary N) is 1. The van der Waals surface area contributed by atoms with E-state index in [1.54, 1.807) is 0 Å². The lowest BCUT2D eigenvalue weighted by molar-refractivity contribution is -0.132. The predicted octanol–water partition coefficient (Wildman–Crippen LogP) is 1.84. The van der Waals surface area contributed by atoms with Crippen molar-refractivity contribution in [3.05, 3.63) is 0 Å². The van der Waals surface area contributed by atoms with Crippen LogP contribution in [0.1, 0.15) is 52.4 Å². The molecule has 2 rings (SSSR count). The fourth-order valence-electron chi connectivity index (χ4n) is 3.56. The second-order valence-electron chi connectivity index (χ2n) is 6.11. The maximum atomic E-state index is 12.5. The quantitative estimate of drug-likeness (QED) is 0.314. The Hall–Kier alpha value is -1.26. The summed E-state index contributed by atoms with van der Waals surface area (Å²) in [6.07, 6.45) is 5.72. The number of hydrogen-bond donors (Lipinski definition) is 3. The van der Waals surface area contributed by atoms with Crippen LogP contribution < -0.4 is 11.1 Å². The average molecular weight is 267 g/mol. The zero-order valence-electron chi connectivity index (χ0n) is 11.9. The SMILES string of the molecule is CCC1CCC(NC(=O)C2(C(N)=NO)CCC2)C1C. The Bertz CT molecular complexity index is 377. The highest BCUT2D eigenvalue weighted by Crippen LogP contribution is 2.42. The van der Waals surface area contributed by atoms with Gasteiger partial charge in [-0.1, -0.05) is 31.8 Å². The van der Waals surface area contributed by atoms with Gasteiger partial charge >= 0.3 is 0 Å². The van der Waals surface area contributed by atoms with E-state index in [2.05, 4.69) is 24.3 Å². The van der Waals surface area contributed by atoms with Gasteiger partial charge in [0.05, 0.1) is 0 Å². The molecule has 2 saturated carbocycles. The van der Waals surface area contributed by atoms with Gasteiger partial charge < -0.3 is 16.3 Å². The van der Waals surface area contributed by atoms with E-state index >= 15 is 0 Å². The minimum Gasteiger partial charge on any atom is -0.409 e. The number of nitrogens with zero attached hydrogens (tertiary/aromatic N) is 1. The highest BCUT2D eigenvalue weighted by Gasteiger charge is 2.49. The van der Waals surface area contributed by atoms with E-state index in [0.717, 1.165) is 12.8 Å². The Labute approximate surface area is 114 Å². The number of rotatable bonds is 4. The van der Waals surface area contributed by atoms with Crippen molar-refractivity contribution in [1.29, 1.82) is 0 Å². The van der Waals surface area contributed by atoms with Crippen LogP contribution >= 0.6 is 0 Å². The molecule has 0 aliphatic heterocycles. The Balaban J connectivity index is 2.01. The molecule has 1 amide bonds. The third kappa shape index (κ3) is 2.30. The molecule has 5 heteroatoms. The van der Waals surface area contributed by atoms with Gasteiger partial charge in [0.1, 0.15) is 5.41 Å². The maximum absolute atomic E-state index is 12.5. The molecular formula is C14H25N3O2. The minimum atomic E-state index is -0.751. The first-order valence-electron chi connectivity index (χ1n) is 7.34. The van der Waals surface area contributed by atoms with E-state index in [0.29, 0.717) is 24.7 Å². The Kier molecular flexibility index (Phi) is 4.02. The van der Waals surface area contributed by atoms with Gasteiger partial charge in [0.15, 0.2) is 5.84 Å². The van der Waals surface area contributed by atoms with Crippen LogP contribution in [0.3, 0.4) is 0 Å². The third-order valence-electron chi connectivity index (χ3n) is 5.31. The summed E-state index contributed by atoms with van der Waals surface area (Å²) in [5, 5.41) is 15.1. The molecule has 2 fully saturated rings. The number of hydrogen-bond acceptors (Lipinski definition) is 3. The van der Waals surface area contributed by atoms with Crippen molar-refractivity contribution < 1.29 is 10.0 Å². The summed E-state index contributed by atoms with van der Waals surface area (Å²) in [7, 11) is 0. The number of amides is 1. The van der Waals surface area contributed by atoms with E-state index in [9.17, 15) is 4.79 Å². The Morgan fingerprint density at radius 2 is 2.16 bits per heavy atom. The van der Waals surface area contributed by atoms with Crippen molar-refractivity contribution >= 4 is 11.7 Å². The summed E-state index contributed by atoms with van der Waals surface area (Å²) >= 11 is 0. The molecule has 3 atom stereocenters. The summed E-state index contributed by atoms with van der Waals surface area (Å²) in [4.78, 5) is 12.5. The fraction of sp³-hybridized carbons (Fsp3) is 0.857. The molecule has 4 N–H and O–H groups in total. The average Bonchev–Trinajstić information content (AvgIpc) is 2.69. The smallest absolute Gasteiger partial charge is 0.234 e. The third-order valence-corrected chi connectivity index (χ3v) is 5.31. The van der Waals surface area contributed by atoms with Crippen molar-refractivity contribution in [2.45, 2.75) is 58.4 Å². The molecule has 0 bridgehead atoms. The molecule has 0 radical (unpaired) electrons. The number of carbonyl (C=O) groups is 1. The van der Waals surface area contributed by atoms with Crippen molar-refractivity contribution in [3.8, 4) is 0 Å². The Morgan fingerprint density at radius 3 is 2.58 bits per heavy atom. The lowest BCUT2D eigenvalue weighted by Crippen LogP contribution is -2.56. The lowest BCUT2D eigenvalue weighted by atomic mass is 9.67. The topological polar surface area (TPSA) is 87.7 Å². The Morgan fingerprint density at radius 1 is 1.47 bits per heavy atom. The molecule has 0 spiro atoms. The molecule has 2 aliphatic rings. The lowest BCUT2D eigenvalue weighted by Gasteiger charge is -2.40. The second-order valence-corrected chi connectivity index (χ2v) is 6.11. The number of oxime groups is 1. The van der Waals surface area contributed by atoms with Crippen LogP contribution in [0.15, 0.2) is 5.16 Å². The molecule has 0 aromatic rings. The van der Waals surface area contributed by atoms with Gasteiger partial charge in [0, 0.05) is 6.04 Å². The first kappa shape index (κ1) is 14.2. The first-order valence-corrected chi connectivity index (χ1v) is 7.34. The highest BCUT2D eigenvalue weighted by molar-refractivity contribution is 6.07. The molecule has 108 valence electrons. The van der Waals surface area contributed by atoms with Gasteiger partial charge in [-0.25, -0.2) is 0 Å². The van der Waals surface area contributed by atoms with E-state index < -0.39 is 5.41 Å². The van der Waals surface area contributed by atoms with E-state index in [1.807, 2.05) is 0 Å². The van der Waals surface area contributed by atoms with Gasteiger partial charge in [-0.3, -0.25) is 4.79 Å². The molecule has 0 heterocycles. The van der Waals surface area contributed by atoms with Crippen LogP contribution in [0, 0.1) is 17.3 Å². The molecule has 0 aromatic heterocycles. The normalized spacial score (nSPS) is 33.8. The monoisotopic (exact) mass is 267 g/mol. The zero-order valence-corrected chi connectivity index (χ0v) is 11.9. The van der Waals surface area contributed by atoms with Gasteiger partial charge in [-0.05, 0) is 37.5 Å². The fourth-order valence-corrected chi connectivity index (χ4v) is 3.56. The van der Waals surface area contributed by atoms with E-state index in [1.165, 1.54) is 12.8 Å². The second kappa shape index (κ2) is 5.39. The summed E-state index contributed by atoms with van der Waals surface area (Å²) in [6, 6.07) is 0.237. The van der Waals surface area contributed by atoms with Crippen LogP contribution in [0.25, 0.3) is 0 Å². The molecule has 0 aromatic carbocycles. The van der Waals surface area contributed by atoms with Crippen molar-refractivity contribution in [3.63, 3.8) is 0 Å². The number of amidine groups is 1. The van der Waals surface area contributed by atoms with Crippen LogP contribution in [-0.4, -0.2) is 23.0 Å². The predicted molar refractivity (Wildman–Crippen MR) is 73.8 cm³/mol.